The Kier molecular flexibility index (Phi) is 46.6. The summed E-state index contributed by atoms with van der Waals surface area (Å²) in [5.41, 5.74) is 18.6. The van der Waals surface area contributed by atoms with E-state index in [1.165, 1.54) is 0 Å². The molecule has 0 aromatic carbocycles. The zero-order chi connectivity index (χ0) is 13.2. The summed E-state index contributed by atoms with van der Waals surface area (Å²) >= 11 is -1.75. The van der Waals surface area contributed by atoms with Crippen molar-refractivity contribution in [1.29, 1.82) is 0 Å². The number of hydrogen-bond acceptors (Lipinski definition) is 0. The summed E-state index contributed by atoms with van der Waals surface area (Å²) in [7, 11) is 0. The average molecular weight is 381 g/mol. The Morgan fingerprint density at radius 3 is 1.65 bits per heavy atom. The van der Waals surface area contributed by atoms with E-state index < -0.39 is 15.9 Å². The van der Waals surface area contributed by atoms with Crippen LogP contribution < -0.4 is 0 Å². The van der Waals surface area contributed by atoms with Gasteiger partial charge in [-0.25, -0.2) is 0 Å². The number of halogens is 1. The zero-order valence-electron chi connectivity index (χ0n) is 11.1. The molecule has 0 aromatic rings. The molecule has 0 unspecified atom stereocenters. The molecule has 0 saturated carbocycles. The van der Waals surface area contributed by atoms with Crippen LogP contribution in [0.15, 0.2) is 16.6 Å². The van der Waals surface area contributed by atoms with Crippen LogP contribution in [-0.4, -0.2) is 35.5 Å². The summed E-state index contributed by atoms with van der Waals surface area (Å²) in [6.07, 6.45) is 7.55. The molecule has 17 heavy (non-hydrogen) atoms. The summed E-state index contributed by atoms with van der Waals surface area (Å²) in [5.74, 6) is 0. The Morgan fingerprint density at radius 2 is 1.53 bits per heavy atom. The third-order valence-electron chi connectivity index (χ3n) is 0.910. The van der Waals surface area contributed by atoms with Crippen LogP contribution in [0.1, 0.15) is 27.2 Å². The van der Waals surface area contributed by atoms with Gasteiger partial charge >= 0.3 is 74.7 Å². The zero-order valence-corrected chi connectivity index (χ0v) is 16.5. The molecule has 0 fully saturated rings. The van der Waals surface area contributed by atoms with Crippen molar-refractivity contribution in [2.75, 3.05) is 19.6 Å². The monoisotopic (exact) mass is 381 g/mol. The van der Waals surface area contributed by atoms with Gasteiger partial charge in [-0.3, -0.25) is 0 Å². The molecule has 0 bridgehead atoms. The van der Waals surface area contributed by atoms with Crippen molar-refractivity contribution in [1.82, 2.24) is 0 Å². The van der Waals surface area contributed by atoms with Gasteiger partial charge in [0.15, 0.2) is 0 Å². The van der Waals surface area contributed by atoms with E-state index in [4.69, 9.17) is 17.2 Å². The van der Waals surface area contributed by atoms with Gasteiger partial charge in [-0.05, 0) is 0 Å². The van der Waals surface area contributed by atoms with E-state index in [9.17, 15) is 3.50 Å². The molecule has 98 valence electrons. The molecule has 0 saturated heterocycles. The number of hydrogen-bond donors (Lipinski definition) is 0. The molecule has 0 heterocycles. The Bertz CT molecular complexity index is 162. The maximum Gasteiger partial charge on any atom is 4.00 e. The summed E-state index contributed by atoms with van der Waals surface area (Å²) in [6.45, 7) is 6.88. The van der Waals surface area contributed by atoms with E-state index in [2.05, 4.69) is 6.08 Å². The normalized spacial score (nSPS) is 11.1. The second-order valence-corrected chi connectivity index (χ2v) is 4.66. The van der Waals surface area contributed by atoms with Crippen LogP contribution in [0.2, 0.25) is 0 Å². The first-order valence-corrected chi connectivity index (χ1v) is 8.04. The topological polar surface area (TPSA) is 71.4 Å². The summed E-state index contributed by atoms with van der Waals surface area (Å²) in [6, 6.07) is 0. The average Bonchev–Trinajstić information content (AvgIpc) is 2.73. The van der Waals surface area contributed by atoms with Crippen LogP contribution in [0.3, 0.4) is 0 Å². The van der Waals surface area contributed by atoms with E-state index >= 15 is 0 Å². The van der Waals surface area contributed by atoms with Crippen molar-refractivity contribution in [3.05, 3.63) is 39.8 Å². The van der Waals surface area contributed by atoms with Gasteiger partial charge in [-0.15, -0.1) is 0 Å². The van der Waals surface area contributed by atoms with Crippen LogP contribution in [0.25, 0.3) is 17.2 Å². The van der Waals surface area contributed by atoms with Gasteiger partial charge in [-0.2, -0.15) is 19.6 Å². The van der Waals surface area contributed by atoms with Crippen molar-refractivity contribution in [2.24, 2.45) is 0 Å². The van der Waals surface area contributed by atoms with Gasteiger partial charge < -0.3 is 17.2 Å². The Labute approximate surface area is 132 Å². The second-order valence-electron chi connectivity index (χ2n) is 2.50. The van der Waals surface area contributed by atoms with E-state index in [0.29, 0.717) is 19.6 Å². The van der Waals surface area contributed by atoms with Gasteiger partial charge in [0.2, 0.25) is 0 Å². The fourth-order valence-corrected chi connectivity index (χ4v) is 1.58. The molecule has 1 aliphatic carbocycles. The van der Waals surface area contributed by atoms with Crippen molar-refractivity contribution < 1.29 is 29.7 Å². The molecule has 0 amide bonds. The third kappa shape index (κ3) is 38.3. The van der Waals surface area contributed by atoms with Crippen molar-refractivity contribution in [3.63, 3.8) is 0 Å². The molecule has 0 radical (unpaired) electrons. The molecule has 0 aliphatic heterocycles. The van der Waals surface area contributed by atoms with Gasteiger partial charge in [0.25, 0.3) is 0 Å². The van der Waals surface area contributed by atoms with Crippen molar-refractivity contribution in [2.45, 2.75) is 27.2 Å². The van der Waals surface area contributed by atoms with Crippen LogP contribution in [-0.2, 0) is 26.2 Å². The minimum Gasteiger partial charge on any atom is 4.00 e. The molecule has 3 N–H and O–H groups in total. The number of allylic oxidation sites excluding steroid dienone is 4. The van der Waals surface area contributed by atoms with Crippen LogP contribution in [0.4, 0.5) is 3.50 Å². The van der Waals surface area contributed by atoms with Crippen LogP contribution in [0, 0.1) is 6.08 Å². The molecule has 6 heteroatoms. The fraction of sp³-hybridized carbons (Fsp3) is 0.636. The first-order valence-electron chi connectivity index (χ1n) is 5.44. The van der Waals surface area contributed by atoms with E-state index in [0.717, 1.165) is 10.8 Å². The summed E-state index contributed by atoms with van der Waals surface area (Å²) in [4.78, 5) is 0. The first kappa shape index (κ1) is 26.3. The Morgan fingerprint density at radius 1 is 1.18 bits per heavy atom. The smallest absolute Gasteiger partial charge is 4.00 e. The molecular weight excluding hydrogens is 357 g/mol. The predicted octanol–water partition coefficient (Wildman–Crippen LogP) is 3.86. The van der Waals surface area contributed by atoms with E-state index in [1.807, 2.05) is 12.2 Å². The molecule has 0 aromatic heterocycles. The van der Waals surface area contributed by atoms with Gasteiger partial charge in [0.1, 0.15) is 0 Å². The summed E-state index contributed by atoms with van der Waals surface area (Å²) in [5, 5.41) is 0. The van der Waals surface area contributed by atoms with E-state index in [-0.39, 0.29) is 26.2 Å². The maximum atomic E-state index is 11.7. The predicted molar refractivity (Wildman–Crippen MR) is 74.8 cm³/mol. The fourth-order valence-electron chi connectivity index (χ4n) is 0.542. The van der Waals surface area contributed by atoms with Gasteiger partial charge in [0, 0.05) is 0 Å². The molecule has 0 atom stereocenters. The SMILES string of the molecule is CC[NH-].CC[NH-].CC[NH-].[F][GeH2][C]1=[C-]CC=C1.[Zr+4]. The largest absolute Gasteiger partial charge is 4.00 e. The standard InChI is InChI=1S/C5H6FGe.3C2H6N.Zr/c6-7-5-3-1-2-4-5;3*1-2-3;/h1,3H,2,7H2;3*3H,2H2,1H3;/q4*-1;+4. The Hall–Kier alpha value is 0.716. The minimum absolute atomic E-state index is 0. The molecule has 1 aliphatic rings. The van der Waals surface area contributed by atoms with Gasteiger partial charge in [0.05, 0.1) is 0 Å². The quantitative estimate of drug-likeness (QED) is 0.489. The number of nitrogens with one attached hydrogen (secondary N) is 3. The number of rotatable bonds is 1. The first-order chi connectivity index (χ1) is 7.67. The van der Waals surface area contributed by atoms with E-state index in [1.54, 1.807) is 20.8 Å². The van der Waals surface area contributed by atoms with Crippen molar-refractivity contribution in [3.8, 4) is 0 Å². The van der Waals surface area contributed by atoms with Crippen molar-refractivity contribution >= 4 is 15.9 Å². The van der Waals surface area contributed by atoms with Gasteiger partial charge in [-0.1, -0.05) is 20.8 Å². The minimum atomic E-state index is -1.75. The Balaban J connectivity index is -0.0000000734. The van der Waals surface area contributed by atoms with Crippen LogP contribution in [0.5, 0.6) is 0 Å². The molecule has 0 spiro atoms. The molecular formula is C11H24FGeN3Zr. The second kappa shape index (κ2) is 30.1. The third-order valence-corrected chi connectivity index (χ3v) is 2.53. The maximum absolute atomic E-state index is 11.7. The summed E-state index contributed by atoms with van der Waals surface area (Å²) < 4.78 is 12.6. The molecule has 3 nitrogen and oxygen atoms in total. The van der Waals surface area contributed by atoms with Crippen LogP contribution >= 0.6 is 0 Å². The molecule has 1 rings (SSSR count).